The molecule has 554 valence electrons. The number of hydrogen-bond donors (Lipinski definition) is 15. The summed E-state index contributed by atoms with van der Waals surface area (Å²) in [6.07, 6.45) is 3.59. The fraction of sp³-hybridized carbons (Fsp3) is 0.725. The average molecular weight is 1380 g/mol. The number of amides is 13. The fourth-order valence-corrected chi connectivity index (χ4v) is 11.3. The SMILES string of the molecule is CC[C@H](C)[C@H](NC(=O)CNC(=O)[C@H](CO)NC(=O)[C@H](CC(C)C)NC(=O)[C@H](CC(C)C)NC(=O)[C@H](CCCCN)NC(=O)CNC(=O)[C@H](CC(C)C)NC(=O)[C@@H](NC(=O)[C@@H]1CCCN1C(=O)[C@H](CC(C)C)NC(=O)[C@@H](N)Cc1ccccc1)[C@@H](C)CC)C(=O)N[C@@H](CC(C)C)C(N)=O. The molecule has 2 rings (SSSR count). The first kappa shape index (κ1) is 86.3. The molecule has 1 heterocycles. The molecule has 1 saturated heterocycles. The Kier molecular flexibility index (Phi) is 39.0. The molecule has 29 heteroatoms. The van der Waals surface area contributed by atoms with Crippen LogP contribution in [0.2, 0.25) is 0 Å². The molecule has 1 aliphatic heterocycles. The lowest BCUT2D eigenvalue weighted by molar-refractivity contribution is -0.143. The van der Waals surface area contributed by atoms with Gasteiger partial charge in [-0.1, -0.05) is 140 Å². The molecule has 1 aromatic carbocycles. The van der Waals surface area contributed by atoms with Crippen LogP contribution in [0.5, 0.6) is 0 Å². The Balaban J connectivity index is 2.24. The largest absolute Gasteiger partial charge is 0.394 e. The van der Waals surface area contributed by atoms with Gasteiger partial charge in [-0.3, -0.25) is 62.3 Å². The van der Waals surface area contributed by atoms with Gasteiger partial charge in [0.2, 0.25) is 76.8 Å². The molecule has 0 aromatic heterocycles. The number of hydrogen-bond acceptors (Lipinski definition) is 16. The minimum absolute atomic E-state index is 0.0128. The highest BCUT2D eigenvalue weighted by atomic mass is 16.3. The van der Waals surface area contributed by atoms with Gasteiger partial charge in [-0.2, -0.15) is 0 Å². The predicted molar refractivity (Wildman–Crippen MR) is 372 cm³/mol. The van der Waals surface area contributed by atoms with E-state index in [9.17, 15) is 67.4 Å². The van der Waals surface area contributed by atoms with Crippen LogP contribution >= 0.6 is 0 Å². The van der Waals surface area contributed by atoms with E-state index in [1.54, 1.807) is 48.5 Å². The lowest BCUT2D eigenvalue weighted by Gasteiger charge is -2.32. The maximum Gasteiger partial charge on any atom is 0.245 e. The van der Waals surface area contributed by atoms with Gasteiger partial charge in [0.05, 0.1) is 25.7 Å². The maximum absolute atomic E-state index is 14.3. The van der Waals surface area contributed by atoms with Crippen molar-refractivity contribution in [1.82, 2.24) is 63.4 Å². The molecule has 1 fully saturated rings. The second-order valence-corrected chi connectivity index (χ2v) is 28.2. The number of rotatable bonds is 45. The molecule has 0 saturated carbocycles. The van der Waals surface area contributed by atoms with Gasteiger partial charge in [-0.15, -0.1) is 0 Å². The summed E-state index contributed by atoms with van der Waals surface area (Å²) in [6.45, 7) is 23.7. The summed E-state index contributed by atoms with van der Waals surface area (Å²) >= 11 is 0. The summed E-state index contributed by atoms with van der Waals surface area (Å²) in [5.74, 6) is -10.7. The van der Waals surface area contributed by atoms with Crippen molar-refractivity contribution in [3.8, 4) is 0 Å². The van der Waals surface area contributed by atoms with Crippen LogP contribution in [0.1, 0.15) is 180 Å². The smallest absolute Gasteiger partial charge is 0.245 e. The summed E-state index contributed by atoms with van der Waals surface area (Å²) in [7, 11) is 0. The van der Waals surface area contributed by atoms with E-state index in [-0.39, 0.29) is 87.6 Å². The number of nitrogens with one attached hydrogen (secondary N) is 11. The van der Waals surface area contributed by atoms with E-state index in [1.807, 2.05) is 78.8 Å². The monoisotopic (exact) mass is 1380 g/mol. The lowest BCUT2D eigenvalue weighted by atomic mass is 9.96. The molecular formula is C69H119N15O14. The molecule has 98 heavy (non-hydrogen) atoms. The number of benzene rings is 1. The number of aliphatic hydroxyl groups is 1. The van der Waals surface area contributed by atoms with E-state index in [1.165, 1.54) is 4.90 Å². The molecule has 0 bridgehead atoms. The number of nitrogens with zero attached hydrogens (tertiary/aromatic N) is 1. The molecule has 1 aliphatic rings. The Bertz CT molecular complexity index is 2770. The van der Waals surface area contributed by atoms with Crippen molar-refractivity contribution >= 4 is 76.8 Å². The molecule has 1 aromatic rings. The minimum Gasteiger partial charge on any atom is -0.394 e. The lowest BCUT2D eigenvalue weighted by Crippen LogP contribution is -2.60. The number of primary amides is 1. The molecule has 18 N–H and O–H groups in total. The highest BCUT2D eigenvalue weighted by molar-refractivity contribution is 5.99. The number of aliphatic hydroxyl groups excluding tert-OH is 1. The summed E-state index contributed by atoms with van der Waals surface area (Å²) < 4.78 is 0. The number of nitrogens with two attached hydrogens (primary N) is 3. The molecule has 13 atom stereocenters. The van der Waals surface area contributed by atoms with E-state index in [2.05, 4.69) is 58.5 Å². The zero-order valence-corrected chi connectivity index (χ0v) is 60.4. The van der Waals surface area contributed by atoms with Gasteiger partial charge in [0.25, 0.3) is 0 Å². The highest BCUT2D eigenvalue weighted by Gasteiger charge is 2.41. The number of carbonyl (C=O) groups excluding carboxylic acids is 13. The summed E-state index contributed by atoms with van der Waals surface area (Å²) in [5.41, 5.74) is 18.5. The molecule has 13 amide bonds. The second kappa shape index (κ2) is 44.3. The summed E-state index contributed by atoms with van der Waals surface area (Å²) in [4.78, 5) is 180. The van der Waals surface area contributed by atoms with Crippen molar-refractivity contribution in [2.24, 2.45) is 58.6 Å². The van der Waals surface area contributed by atoms with Crippen LogP contribution in [0.25, 0.3) is 0 Å². The quantitative estimate of drug-likeness (QED) is 0.0384. The molecule has 0 unspecified atom stereocenters. The van der Waals surface area contributed by atoms with Crippen molar-refractivity contribution < 1.29 is 67.4 Å². The third-order valence-corrected chi connectivity index (χ3v) is 17.0. The van der Waals surface area contributed by atoms with Crippen LogP contribution in [-0.2, 0) is 68.7 Å². The van der Waals surface area contributed by atoms with E-state index in [4.69, 9.17) is 17.2 Å². The Labute approximate surface area is 579 Å². The van der Waals surface area contributed by atoms with Gasteiger partial charge in [-0.05, 0) is 124 Å². The highest BCUT2D eigenvalue weighted by Crippen LogP contribution is 2.23. The van der Waals surface area contributed by atoms with Gasteiger partial charge < -0.3 is 85.7 Å². The van der Waals surface area contributed by atoms with Crippen LogP contribution in [0, 0.1) is 41.4 Å². The van der Waals surface area contributed by atoms with Crippen molar-refractivity contribution in [2.45, 2.75) is 247 Å². The van der Waals surface area contributed by atoms with Gasteiger partial charge in [-0.25, -0.2) is 0 Å². The van der Waals surface area contributed by atoms with E-state index >= 15 is 0 Å². The summed E-state index contributed by atoms with van der Waals surface area (Å²) in [5, 5.41) is 39.4. The van der Waals surface area contributed by atoms with E-state index in [0.29, 0.717) is 38.5 Å². The Hall–Kier alpha value is -7.79. The first-order valence-electron chi connectivity index (χ1n) is 35.0. The first-order chi connectivity index (χ1) is 46.1. The third kappa shape index (κ3) is 31.0. The fourth-order valence-electron chi connectivity index (χ4n) is 11.3. The summed E-state index contributed by atoms with van der Waals surface area (Å²) in [6, 6.07) is -3.51. The topological polar surface area (TPSA) is 456 Å². The van der Waals surface area contributed by atoms with Crippen LogP contribution in [0.15, 0.2) is 30.3 Å². The number of unbranched alkanes of at least 4 members (excludes halogenated alkanes) is 1. The Morgan fingerprint density at radius 2 is 0.898 bits per heavy atom. The van der Waals surface area contributed by atoms with Gasteiger partial charge in [0.15, 0.2) is 0 Å². The Morgan fingerprint density at radius 3 is 1.37 bits per heavy atom. The molecular weight excluding hydrogens is 1260 g/mol. The minimum atomic E-state index is -1.61. The molecule has 0 aliphatic carbocycles. The van der Waals surface area contributed by atoms with Crippen molar-refractivity contribution in [2.75, 3.05) is 32.8 Å². The number of carbonyl (C=O) groups is 13. The second-order valence-electron chi connectivity index (χ2n) is 28.2. The zero-order chi connectivity index (χ0) is 74.1. The van der Waals surface area contributed by atoms with Crippen LogP contribution in [0.4, 0.5) is 0 Å². The van der Waals surface area contributed by atoms with Crippen molar-refractivity contribution in [3.63, 3.8) is 0 Å². The average Bonchev–Trinajstić information content (AvgIpc) is 1.59. The predicted octanol–water partition coefficient (Wildman–Crippen LogP) is 0.0723. The van der Waals surface area contributed by atoms with E-state index < -0.39 is 175 Å². The van der Waals surface area contributed by atoms with Crippen LogP contribution < -0.4 is 75.7 Å². The molecule has 29 nitrogen and oxygen atoms in total. The normalized spacial score (nSPS) is 16.7. The van der Waals surface area contributed by atoms with E-state index in [0.717, 1.165) is 5.56 Å². The van der Waals surface area contributed by atoms with Gasteiger partial charge >= 0.3 is 0 Å². The third-order valence-electron chi connectivity index (χ3n) is 17.0. The first-order valence-corrected chi connectivity index (χ1v) is 35.0. The molecule has 0 spiro atoms. The Morgan fingerprint density at radius 1 is 0.490 bits per heavy atom. The van der Waals surface area contributed by atoms with Crippen molar-refractivity contribution in [1.29, 1.82) is 0 Å². The van der Waals surface area contributed by atoms with Crippen LogP contribution in [-0.4, -0.2) is 186 Å². The number of likely N-dealkylation sites (tertiary alicyclic amines) is 1. The van der Waals surface area contributed by atoms with Crippen molar-refractivity contribution in [3.05, 3.63) is 35.9 Å². The maximum atomic E-state index is 14.3. The standard InChI is InChI=1S/C69H119N15O14/c1-15-43(13)57(67(96)76-48(59(72)88)29-38(3)4)82-56(87)36-74-62(91)53(37-85)81-65(94)51(32-41(9)10)78-64(93)50(31-40(7)8)77-63(92)47(25-20-21-27-70)75-55(86)35-73-61(90)49(30-39(5)6)79-68(97)58(44(14)16-2)83-66(95)54-26-22-28-84(54)69(98)52(33-42(11)12)80-60(89)46(71)34-45-23-18-17-19-24-45/h17-19,23-24,38-44,46-54,57-58,85H,15-16,20-22,25-37,70-71H2,1-14H3,(H2,72,88)(H,73,90)(H,74,91)(H,75,86)(H,76,96)(H,77,92)(H,78,93)(H,79,97)(H,80,89)(H,81,94)(H,82,87)(H,83,95)/t43-,44-,46-,47-,48-,49-,50-,51-,52-,53-,54-,57-,58-/m0/s1. The van der Waals surface area contributed by atoms with Crippen LogP contribution in [0.3, 0.4) is 0 Å². The zero-order valence-electron chi connectivity index (χ0n) is 60.4. The van der Waals surface area contributed by atoms with Gasteiger partial charge in [0.1, 0.15) is 60.4 Å². The molecule has 0 radical (unpaired) electrons. The van der Waals surface area contributed by atoms with Gasteiger partial charge in [0, 0.05) is 6.54 Å².